The van der Waals surface area contributed by atoms with Crippen LogP contribution in [0.2, 0.25) is 0 Å². The van der Waals surface area contributed by atoms with Gasteiger partial charge in [-0.15, -0.1) is 11.8 Å². The Morgan fingerprint density at radius 2 is 2.15 bits per heavy atom. The summed E-state index contributed by atoms with van der Waals surface area (Å²) in [6.45, 7) is 6.99. The normalized spacial score (nSPS) is 11.0. The van der Waals surface area contributed by atoms with Gasteiger partial charge in [-0.3, -0.25) is 0 Å². The van der Waals surface area contributed by atoms with E-state index in [4.69, 9.17) is 9.84 Å². The Labute approximate surface area is 122 Å². The van der Waals surface area contributed by atoms with Crippen LogP contribution >= 0.6 is 11.8 Å². The number of H-pyrrole nitrogens is 1. The molecule has 0 saturated heterocycles. The van der Waals surface area contributed by atoms with Crippen LogP contribution in [0.3, 0.4) is 0 Å². The van der Waals surface area contributed by atoms with E-state index < -0.39 is 11.7 Å². The van der Waals surface area contributed by atoms with Crippen LogP contribution in [0.25, 0.3) is 0 Å². The van der Waals surface area contributed by atoms with E-state index in [2.05, 4.69) is 23.8 Å². The molecular weight excluding hydrogens is 280 g/mol. The molecule has 20 heavy (non-hydrogen) atoms. The third-order valence-electron chi connectivity index (χ3n) is 2.61. The fourth-order valence-electron chi connectivity index (χ4n) is 1.53. The molecule has 0 bridgehead atoms. The van der Waals surface area contributed by atoms with Crippen molar-refractivity contribution in [1.29, 1.82) is 0 Å². The quantitative estimate of drug-likeness (QED) is 0.433. The van der Waals surface area contributed by atoms with Crippen LogP contribution in [0.4, 0.5) is 0 Å². The molecule has 7 heteroatoms. The summed E-state index contributed by atoms with van der Waals surface area (Å²) in [4.78, 5) is 28.6. The van der Waals surface area contributed by atoms with E-state index in [-0.39, 0.29) is 10.6 Å². The number of aryl methyl sites for hydroxylation is 1. The molecule has 1 aromatic heterocycles. The van der Waals surface area contributed by atoms with Gasteiger partial charge in [0.2, 0.25) is 0 Å². The van der Waals surface area contributed by atoms with Gasteiger partial charge < -0.3 is 14.8 Å². The summed E-state index contributed by atoms with van der Waals surface area (Å²) in [6, 6.07) is 0. The van der Waals surface area contributed by atoms with E-state index >= 15 is 0 Å². The molecule has 0 atom stereocenters. The number of ether oxygens (including phenoxy) is 1. The summed E-state index contributed by atoms with van der Waals surface area (Å²) >= 11 is 1.23. The molecule has 0 aliphatic carbocycles. The van der Waals surface area contributed by atoms with Gasteiger partial charge in [-0.1, -0.05) is 13.8 Å². The molecule has 0 aliphatic heterocycles. The molecule has 0 aromatic carbocycles. The van der Waals surface area contributed by atoms with Crippen LogP contribution < -0.4 is 5.69 Å². The predicted molar refractivity (Wildman–Crippen MR) is 77.6 cm³/mol. The number of hydrogen-bond acceptors (Lipinski definition) is 5. The van der Waals surface area contributed by atoms with Crippen molar-refractivity contribution in [2.45, 2.75) is 32.2 Å². The first-order valence-corrected chi connectivity index (χ1v) is 7.45. The van der Waals surface area contributed by atoms with Gasteiger partial charge in [-0.2, -0.15) is 4.98 Å². The molecule has 112 valence electrons. The standard InChI is InChI=1S/C13H20N2O4S/c1-8(2)4-5-19-6-7-20-11-10(12(16)17)9(3)14-13(18)15-11/h8H,4-7H2,1-3H3,(H,16,17)(H,14,15,18). The summed E-state index contributed by atoms with van der Waals surface area (Å²) in [5.74, 6) is 0.0709. The Bertz CT molecular complexity index is 514. The van der Waals surface area contributed by atoms with Gasteiger partial charge in [0.05, 0.1) is 6.61 Å². The monoisotopic (exact) mass is 300 g/mol. The third kappa shape index (κ3) is 5.34. The summed E-state index contributed by atoms with van der Waals surface area (Å²) in [5, 5.41) is 9.37. The molecule has 1 heterocycles. The van der Waals surface area contributed by atoms with Crippen molar-refractivity contribution < 1.29 is 14.6 Å². The Kier molecular flexibility index (Phi) is 6.74. The molecule has 6 nitrogen and oxygen atoms in total. The van der Waals surface area contributed by atoms with Crippen molar-refractivity contribution in [3.8, 4) is 0 Å². The van der Waals surface area contributed by atoms with Gasteiger partial charge in [0.15, 0.2) is 0 Å². The second-order valence-corrected chi connectivity index (χ2v) is 5.88. The van der Waals surface area contributed by atoms with Crippen LogP contribution in [0.1, 0.15) is 36.3 Å². The highest BCUT2D eigenvalue weighted by atomic mass is 32.2. The lowest BCUT2D eigenvalue weighted by atomic mass is 10.1. The predicted octanol–water partition coefficient (Wildman–Crippen LogP) is 1.93. The molecule has 0 radical (unpaired) electrons. The number of aromatic carboxylic acids is 1. The van der Waals surface area contributed by atoms with Gasteiger partial charge in [0.1, 0.15) is 10.6 Å². The fourth-order valence-corrected chi connectivity index (χ4v) is 2.46. The number of carbonyl (C=O) groups is 1. The van der Waals surface area contributed by atoms with E-state index in [1.54, 1.807) is 6.92 Å². The number of carboxylic acids is 1. The topological polar surface area (TPSA) is 92.3 Å². The highest BCUT2D eigenvalue weighted by molar-refractivity contribution is 7.99. The summed E-state index contributed by atoms with van der Waals surface area (Å²) in [7, 11) is 0. The van der Waals surface area contributed by atoms with Crippen molar-refractivity contribution in [2.24, 2.45) is 5.92 Å². The molecule has 0 fully saturated rings. The average Bonchev–Trinajstić information content (AvgIpc) is 2.31. The maximum absolute atomic E-state index is 11.3. The van der Waals surface area contributed by atoms with Crippen molar-refractivity contribution in [3.05, 3.63) is 21.7 Å². The molecule has 0 aliphatic rings. The van der Waals surface area contributed by atoms with Crippen LogP contribution in [-0.2, 0) is 4.74 Å². The summed E-state index contributed by atoms with van der Waals surface area (Å²) in [6.07, 6.45) is 0.993. The first kappa shape index (κ1) is 16.7. The molecule has 0 amide bonds. The minimum atomic E-state index is -1.09. The molecular formula is C13H20N2O4S. The number of nitrogens with one attached hydrogen (secondary N) is 1. The number of aromatic amines is 1. The number of hydrogen-bond donors (Lipinski definition) is 2. The third-order valence-corrected chi connectivity index (χ3v) is 3.55. The lowest BCUT2D eigenvalue weighted by Crippen LogP contribution is -2.18. The van der Waals surface area contributed by atoms with Gasteiger partial charge in [0, 0.05) is 18.1 Å². The fraction of sp³-hybridized carbons (Fsp3) is 0.615. The smallest absolute Gasteiger partial charge is 0.346 e. The SMILES string of the molecule is Cc1[nH]c(=O)nc(SCCOCCC(C)C)c1C(=O)O. The van der Waals surface area contributed by atoms with E-state index in [9.17, 15) is 9.59 Å². The minimum Gasteiger partial charge on any atom is -0.478 e. The van der Waals surface area contributed by atoms with E-state index in [0.29, 0.717) is 30.6 Å². The van der Waals surface area contributed by atoms with Crippen LogP contribution in [0.5, 0.6) is 0 Å². The zero-order valence-electron chi connectivity index (χ0n) is 11.9. The largest absolute Gasteiger partial charge is 0.478 e. The number of carboxylic acid groups (broad SMARTS) is 1. The van der Waals surface area contributed by atoms with Crippen LogP contribution in [0.15, 0.2) is 9.82 Å². The second-order valence-electron chi connectivity index (χ2n) is 4.80. The van der Waals surface area contributed by atoms with Crippen molar-refractivity contribution >= 4 is 17.7 Å². The highest BCUT2D eigenvalue weighted by Crippen LogP contribution is 2.20. The minimum absolute atomic E-state index is 0.0526. The van der Waals surface area contributed by atoms with Crippen LogP contribution in [0, 0.1) is 12.8 Å². The zero-order chi connectivity index (χ0) is 15.1. The molecule has 0 unspecified atom stereocenters. The molecule has 2 N–H and O–H groups in total. The Morgan fingerprint density at radius 3 is 2.75 bits per heavy atom. The first-order valence-electron chi connectivity index (χ1n) is 6.46. The molecule has 0 spiro atoms. The van der Waals surface area contributed by atoms with Gasteiger partial charge in [0.25, 0.3) is 0 Å². The lowest BCUT2D eigenvalue weighted by molar-refractivity contribution is 0.0690. The molecule has 1 aromatic rings. The number of thioether (sulfide) groups is 1. The maximum atomic E-state index is 11.3. The highest BCUT2D eigenvalue weighted by Gasteiger charge is 2.16. The van der Waals surface area contributed by atoms with Gasteiger partial charge in [-0.25, -0.2) is 9.59 Å². The zero-order valence-corrected chi connectivity index (χ0v) is 12.7. The summed E-state index contributed by atoms with van der Waals surface area (Å²) in [5.41, 5.74) is -0.159. The lowest BCUT2D eigenvalue weighted by Gasteiger charge is -2.08. The molecule has 1 rings (SSSR count). The first-order chi connectivity index (χ1) is 9.41. The van der Waals surface area contributed by atoms with E-state index in [0.717, 1.165) is 6.42 Å². The van der Waals surface area contributed by atoms with Crippen molar-refractivity contribution in [1.82, 2.24) is 9.97 Å². The van der Waals surface area contributed by atoms with E-state index in [1.807, 2.05) is 0 Å². The number of nitrogens with zero attached hydrogens (tertiary/aromatic N) is 1. The number of aromatic nitrogens is 2. The summed E-state index contributed by atoms with van der Waals surface area (Å²) < 4.78 is 5.45. The number of rotatable bonds is 8. The van der Waals surface area contributed by atoms with Crippen molar-refractivity contribution in [3.63, 3.8) is 0 Å². The Balaban J connectivity index is 2.55. The van der Waals surface area contributed by atoms with Crippen LogP contribution in [-0.4, -0.2) is 40.0 Å². The molecule has 0 saturated carbocycles. The van der Waals surface area contributed by atoms with Gasteiger partial charge >= 0.3 is 11.7 Å². The maximum Gasteiger partial charge on any atom is 0.346 e. The Hall–Kier alpha value is -1.34. The second kappa shape index (κ2) is 8.06. The average molecular weight is 300 g/mol. The van der Waals surface area contributed by atoms with E-state index in [1.165, 1.54) is 11.8 Å². The Morgan fingerprint density at radius 1 is 1.45 bits per heavy atom. The van der Waals surface area contributed by atoms with Gasteiger partial charge in [-0.05, 0) is 19.3 Å². The van der Waals surface area contributed by atoms with Crippen molar-refractivity contribution in [2.75, 3.05) is 19.0 Å².